The summed E-state index contributed by atoms with van der Waals surface area (Å²) in [5.74, 6) is -3.80. The molecule has 0 nitrogen and oxygen atoms in total. The molecule has 3 aromatic carbocycles. The van der Waals surface area contributed by atoms with Crippen LogP contribution in [0.25, 0.3) is 10.8 Å². The standard InChI is InChI=1S/C19H15F3/c1-12(16-10-17(20)19(22)18(21)11-16)8-13-6-7-14-4-2-3-5-15(14)9-13/h2-7,9-12H,8H2,1H3. The van der Waals surface area contributed by atoms with E-state index in [-0.39, 0.29) is 5.92 Å². The molecule has 0 heterocycles. The number of hydrogen-bond acceptors (Lipinski definition) is 0. The average molecular weight is 300 g/mol. The molecule has 1 unspecified atom stereocenters. The number of fused-ring (bicyclic) bond motifs is 1. The Labute approximate surface area is 127 Å². The zero-order valence-corrected chi connectivity index (χ0v) is 12.1. The predicted octanol–water partition coefficient (Wildman–Crippen LogP) is 5.60. The lowest BCUT2D eigenvalue weighted by Gasteiger charge is -2.13. The molecule has 22 heavy (non-hydrogen) atoms. The Bertz CT molecular complexity index is 801. The maximum absolute atomic E-state index is 13.3. The Morgan fingerprint density at radius 3 is 2.14 bits per heavy atom. The fraction of sp³-hybridized carbons (Fsp3) is 0.158. The highest BCUT2D eigenvalue weighted by atomic mass is 19.2. The summed E-state index contributed by atoms with van der Waals surface area (Å²) in [6.45, 7) is 1.88. The van der Waals surface area contributed by atoms with Gasteiger partial charge in [0.15, 0.2) is 17.5 Å². The Hall–Kier alpha value is -2.29. The monoisotopic (exact) mass is 300 g/mol. The van der Waals surface area contributed by atoms with E-state index in [9.17, 15) is 13.2 Å². The molecule has 3 aromatic rings. The van der Waals surface area contributed by atoms with Crippen LogP contribution in [0.4, 0.5) is 13.2 Å². The third-order valence-corrected chi connectivity index (χ3v) is 3.93. The minimum absolute atomic E-state index is 0.106. The minimum Gasteiger partial charge on any atom is -0.204 e. The second-order valence-corrected chi connectivity index (χ2v) is 5.59. The van der Waals surface area contributed by atoms with Crippen molar-refractivity contribution in [3.63, 3.8) is 0 Å². The molecule has 1 atom stereocenters. The Morgan fingerprint density at radius 2 is 1.45 bits per heavy atom. The number of halogens is 3. The Kier molecular flexibility index (Phi) is 3.88. The van der Waals surface area contributed by atoms with Crippen molar-refractivity contribution >= 4 is 10.8 Å². The Balaban J connectivity index is 1.87. The van der Waals surface area contributed by atoms with Crippen LogP contribution in [0.15, 0.2) is 54.6 Å². The molecule has 0 radical (unpaired) electrons. The molecule has 0 aliphatic rings. The largest absolute Gasteiger partial charge is 0.204 e. The van der Waals surface area contributed by atoms with E-state index in [4.69, 9.17) is 0 Å². The van der Waals surface area contributed by atoms with Crippen LogP contribution in [0.2, 0.25) is 0 Å². The van der Waals surface area contributed by atoms with Crippen molar-refractivity contribution < 1.29 is 13.2 Å². The van der Waals surface area contributed by atoms with E-state index in [1.54, 1.807) is 0 Å². The predicted molar refractivity (Wildman–Crippen MR) is 82.4 cm³/mol. The van der Waals surface area contributed by atoms with Crippen molar-refractivity contribution in [1.29, 1.82) is 0 Å². The summed E-state index contributed by atoms with van der Waals surface area (Å²) in [5, 5.41) is 2.28. The van der Waals surface area contributed by atoms with Gasteiger partial charge in [0.05, 0.1) is 0 Å². The second-order valence-electron chi connectivity index (χ2n) is 5.59. The fourth-order valence-corrected chi connectivity index (χ4v) is 2.70. The van der Waals surface area contributed by atoms with E-state index in [0.717, 1.165) is 28.5 Å². The third kappa shape index (κ3) is 2.84. The van der Waals surface area contributed by atoms with Crippen LogP contribution in [0.1, 0.15) is 24.0 Å². The highest BCUT2D eigenvalue weighted by molar-refractivity contribution is 5.83. The van der Waals surface area contributed by atoms with Gasteiger partial charge < -0.3 is 0 Å². The van der Waals surface area contributed by atoms with Gasteiger partial charge in [-0.3, -0.25) is 0 Å². The normalized spacial score (nSPS) is 12.5. The van der Waals surface area contributed by atoms with Gasteiger partial charge in [-0.25, -0.2) is 13.2 Å². The summed E-state index contributed by atoms with van der Waals surface area (Å²) in [5.41, 5.74) is 1.54. The molecule has 0 fully saturated rings. The lowest BCUT2D eigenvalue weighted by Crippen LogP contribution is -2.02. The first-order chi connectivity index (χ1) is 10.5. The van der Waals surface area contributed by atoms with Crippen molar-refractivity contribution in [1.82, 2.24) is 0 Å². The summed E-state index contributed by atoms with van der Waals surface area (Å²) in [7, 11) is 0. The molecule has 0 amide bonds. The molecule has 0 aliphatic heterocycles. The molecule has 0 aliphatic carbocycles. The van der Waals surface area contributed by atoms with Gasteiger partial charge in [-0.1, -0.05) is 49.4 Å². The highest BCUT2D eigenvalue weighted by Crippen LogP contribution is 2.25. The van der Waals surface area contributed by atoms with Gasteiger partial charge in [0.2, 0.25) is 0 Å². The first-order valence-corrected chi connectivity index (χ1v) is 7.16. The molecule has 0 saturated heterocycles. The topological polar surface area (TPSA) is 0 Å². The van der Waals surface area contributed by atoms with E-state index < -0.39 is 17.5 Å². The van der Waals surface area contributed by atoms with Crippen molar-refractivity contribution in [2.45, 2.75) is 19.3 Å². The zero-order valence-electron chi connectivity index (χ0n) is 12.1. The molecule has 0 bridgehead atoms. The summed E-state index contributed by atoms with van der Waals surface area (Å²) >= 11 is 0. The maximum atomic E-state index is 13.3. The van der Waals surface area contributed by atoms with Crippen molar-refractivity contribution in [2.24, 2.45) is 0 Å². The molecule has 3 rings (SSSR count). The number of benzene rings is 3. The molecular formula is C19H15F3. The molecule has 112 valence electrons. The molecule has 3 heteroatoms. The van der Waals surface area contributed by atoms with Crippen LogP contribution >= 0.6 is 0 Å². The first-order valence-electron chi connectivity index (χ1n) is 7.16. The van der Waals surface area contributed by atoms with E-state index >= 15 is 0 Å². The van der Waals surface area contributed by atoms with Crippen molar-refractivity contribution in [3.8, 4) is 0 Å². The highest BCUT2D eigenvalue weighted by Gasteiger charge is 2.15. The van der Waals surface area contributed by atoms with Gasteiger partial charge in [-0.2, -0.15) is 0 Å². The van der Waals surface area contributed by atoms with Crippen LogP contribution in [-0.4, -0.2) is 0 Å². The second kappa shape index (κ2) is 5.84. The fourth-order valence-electron chi connectivity index (χ4n) is 2.70. The molecule has 0 aromatic heterocycles. The molecule has 0 saturated carbocycles. The SMILES string of the molecule is CC(Cc1ccc2ccccc2c1)c1cc(F)c(F)c(F)c1. The maximum Gasteiger partial charge on any atom is 0.194 e. The average Bonchev–Trinajstić information content (AvgIpc) is 2.52. The van der Waals surface area contributed by atoms with Gasteiger partial charge >= 0.3 is 0 Å². The smallest absolute Gasteiger partial charge is 0.194 e. The van der Waals surface area contributed by atoms with Gasteiger partial charge in [0.25, 0.3) is 0 Å². The third-order valence-electron chi connectivity index (χ3n) is 3.93. The van der Waals surface area contributed by atoms with Gasteiger partial charge in [-0.05, 0) is 46.4 Å². The van der Waals surface area contributed by atoms with Crippen LogP contribution in [0.5, 0.6) is 0 Å². The summed E-state index contributed by atoms with van der Waals surface area (Å²) in [6, 6.07) is 16.3. The van der Waals surface area contributed by atoms with E-state index in [0.29, 0.717) is 12.0 Å². The van der Waals surface area contributed by atoms with Crippen molar-refractivity contribution in [2.75, 3.05) is 0 Å². The summed E-state index contributed by atoms with van der Waals surface area (Å²) in [6.07, 6.45) is 0.634. The molecular weight excluding hydrogens is 285 g/mol. The number of hydrogen-bond donors (Lipinski definition) is 0. The van der Waals surface area contributed by atoms with E-state index in [1.807, 2.05) is 43.3 Å². The zero-order chi connectivity index (χ0) is 15.7. The first kappa shape index (κ1) is 14.6. The van der Waals surface area contributed by atoms with Gasteiger partial charge in [0.1, 0.15) is 0 Å². The van der Waals surface area contributed by atoms with E-state index in [2.05, 4.69) is 6.07 Å². The van der Waals surface area contributed by atoms with Gasteiger partial charge in [0, 0.05) is 0 Å². The van der Waals surface area contributed by atoms with Crippen LogP contribution in [0, 0.1) is 17.5 Å². The van der Waals surface area contributed by atoms with Crippen molar-refractivity contribution in [3.05, 3.63) is 83.2 Å². The molecule has 0 N–H and O–H groups in total. The number of rotatable bonds is 3. The minimum atomic E-state index is -1.42. The van der Waals surface area contributed by atoms with E-state index in [1.165, 1.54) is 0 Å². The summed E-state index contributed by atoms with van der Waals surface area (Å²) < 4.78 is 39.7. The molecule has 0 spiro atoms. The Morgan fingerprint density at radius 1 is 0.818 bits per heavy atom. The lowest BCUT2D eigenvalue weighted by molar-refractivity contribution is 0.443. The quantitative estimate of drug-likeness (QED) is 0.552. The van der Waals surface area contributed by atoms with Crippen LogP contribution < -0.4 is 0 Å². The van der Waals surface area contributed by atoms with Gasteiger partial charge in [-0.15, -0.1) is 0 Å². The summed E-state index contributed by atoms with van der Waals surface area (Å²) in [4.78, 5) is 0. The van der Waals surface area contributed by atoms with Crippen LogP contribution in [0.3, 0.4) is 0 Å². The van der Waals surface area contributed by atoms with Crippen LogP contribution in [-0.2, 0) is 6.42 Å². The lowest BCUT2D eigenvalue weighted by atomic mass is 9.92.